The molecule has 3 N–H and O–H groups in total. The lowest BCUT2D eigenvalue weighted by Gasteiger charge is -2.27. The Balaban J connectivity index is 1.76. The van der Waals surface area contributed by atoms with Crippen molar-refractivity contribution in [3.05, 3.63) is 100 Å². The number of ketones is 1. The number of para-hydroxylation sites is 1. The summed E-state index contributed by atoms with van der Waals surface area (Å²) in [6.45, 7) is 6.28. The van der Waals surface area contributed by atoms with Gasteiger partial charge in [-0.25, -0.2) is 0 Å². The number of anilines is 1. The second kappa shape index (κ2) is 8.57. The Morgan fingerprint density at radius 3 is 2.39 bits per heavy atom. The van der Waals surface area contributed by atoms with E-state index in [1.54, 1.807) is 6.20 Å². The Morgan fingerprint density at radius 1 is 1.00 bits per heavy atom. The van der Waals surface area contributed by atoms with Crippen molar-refractivity contribution in [2.75, 3.05) is 4.90 Å². The quantitative estimate of drug-likeness (QED) is 0.171. The van der Waals surface area contributed by atoms with E-state index < -0.39 is 17.7 Å². The first kappa shape index (κ1) is 23.7. The highest BCUT2D eigenvalue weighted by molar-refractivity contribution is 6.52. The summed E-state index contributed by atoms with van der Waals surface area (Å²) in [7, 11) is 0. The number of hydrogen-bond donors (Lipinski definition) is 3. The van der Waals surface area contributed by atoms with Gasteiger partial charge in [-0.1, -0.05) is 74.8 Å². The van der Waals surface area contributed by atoms with Crippen molar-refractivity contribution in [3.63, 3.8) is 0 Å². The summed E-state index contributed by atoms with van der Waals surface area (Å²) in [6, 6.07) is 18.3. The maximum absolute atomic E-state index is 13.4. The summed E-state index contributed by atoms with van der Waals surface area (Å²) in [5.74, 6) is -2.20. The van der Waals surface area contributed by atoms with Crippen molar-refractivity contribution in [1.82, 2.24) is 4.98 Å². The first-order valence-electron chi connectivity index (χ1n) is 11.5. The molecule has 1 aromatic heterocycles. The zero-order chi connectivity index (χ0) is 25.8. The third-order valence-corrected chi connectivity index (χ3v) is 6.81. The summed E-state index contributed by atoms with van der Waals surface area (Å²) in [6.07, 6.45) is 1.62. The van der Waals surface area contributed by atoms with E-state index in [1.807, 2.05) is 48.5 Å². The number of fused-ring (bicyclic) bond motifs is 1. The lowest BCUT2D eigenvalue weighted by atomic mass is 9.85. The molecule has 7 heteroatoms. The van der Waals surface area contributed by atoms with Crippen LogP contribution in [0.4, 0.5) is 5.69 Å². The van der Waals surface area contributed by atoms with Gasteiger partial charge in [-0.15, -0.1) is 0 Å². The average molecular weight is 501 g/mol. The number of nitrogens with zero attached hydrogens (tertiary/aromatic N) is 1. The van der Waals surface area contributed by atoms with Gasteiger partial charge >= 0.3 is 0 Å². The molecule has 0 bridgehead atoms. The monoisotopic (exact) mass is 500 g/mol. The number of phenolic OH excluding ortho intramolecular Hbond substituents is 1. The minimum atomic E-state index is -0.975. The molecule has 1 saturated heterocycles. The third kappa shape index (κ3) is 3.84. The Bertz CT molecular complexity index is 1540. The fourth-order valence-electron chi connectivity index (χ4n) is 4.66. The van der Waals surface area contributed by atoms with Crippen LogP contribution in [0.2, 0.25) is 5.02 Å². The van der Waals surface area contributed by atoms with Crippen LogP contribution >= 0.6 is 11.6 Å². The maximum atomic E-state index is 13.4. The van der Waals surface area contributed by atoms with Gasteiger partial charge in [0.2, 0.25) is 0 Å². The molecule has 1 fully saturated rings. The minimum absolute atomic E-state index is 0.0624. The zero-order valence-electron chi connectivity index (χ0n) is 20.0. The van der Waals surface area contributed by atoms with Crippen LogP contribution in [0.25, 0.3) is 16.7 Å². The number of aliphatic hydroxyl groups is 1. The van der Waals surface area contributed by atoms with Gasteiger partial charge in [0.25, 0.3) is 11.7 Å². The Kier molecular flexibility index (Phi) is 5.64. The SMILES string of the molecule is CC(C)(C)c1ccc(C2/C(=C(/O)c3c[nH]c4ccccc34)C(=O)C(=O)N2c2cc(Cl)ccc2O)cc1. The molecule has 0 aliphatic carbocycles. The molecule has 1 aliphatic heterocycles. The number of rotatable bonds is 3. The summed E-state index contributed by atoms with van der Waals surface area (Å²) in [4.78, 5) is 31.1. The Morgan fingerprint density at radius 2 is 1.69 bits per heavy atom. The number of amides is 1. The standard InChI is InChI=1S/C29H25ClN2O4/c1-29(2,3)17-10-8-16(9-11-17)25-24(26(34)20-15-31-21-7-5-4-6-19(20)21)27(35)28(36)32(25)22-14-18(30)12-13-23(22)33/h4-15,25,31,33-34H,1-3H3/b26-24-. The van der Waals surface area contributed by atoms with Gasteiger partial charge in [-0.05, 0) is 40.8 Å². The van der Waals surface area contributed by atoms with Gasteiger partial charge in [0.1, 0.15) is 11.5 Å². The van der Waals surface area contributed by atoms with Gasteiger partial charge in [0.05, 0.1) is 17.3 Å². The van der Waals surface area contributed by atoms with E-state index >= 15 is 0 Å². The van der Waals surface area contributed by atoms with Crippen LogP contribution in [0.1, 0.15) is 43.5 Å². The largest absolute Gasteiger partial charge is 0.507 e. The number of Topliss-reactive ketones (excluding diaryl/α,β-unsaturated/α-hetero) is 1. The van der Waals surface area contributed by atoms with Gasteiger partial charge < -0.3 is 15.2 Å². The van der Waals surface area contributed by atoms with Crippen molar-refractivity contribution < 1.29 is 19.8 Å². The number of carbonyl (C=O) groups is 2. The minimum Gasteiger partial charge on any atom is -0.507 e. The predicted octanol–water partition coefficient (Wildman–Crippen LogP) is 6.45. The molecule has 36 heavy (non-hydrogen) atoms. The highest BCUT2D eigenvalue weighted by Crippen LogP contribution is 2.46. The summed E-state index contributed by atoms with van der Waals surface area (Å²) in [5, 5.41) is 23.1. The van der Waals surface area contributed by atoms with Gasteiger partial charge in [0.15, 0.2) is 0 Å². The van der Waals surface area contributed by atoms with E-state index in [4.69, 9.17) is 11.6 Å². The van der Waals surface area contributed by atoms with E-state index in [1.165, 1.54) is 23.1 Å². The maximum Gasteiger partial charge on any atom is 0.300 e. The lowest BCUT2D eigenvalue weighted by Crippen LogP contribution is -2.29. The van der Waals surface area contributed by atoms with E-state index in [-0.39, 0.29) is 28.2 Å². The lowest BCUT2D eigenvalue weighted by molar-refractivity contribution is -0.132. The van der Waals surface area contributed by atoms with Crippen LogP contribution < -0.4 is 4.90 Å². The summed E-state index contributed by atoms with van der Waals surface area (Å²) in [5.41, 5.74) is 2.81. The molecule has 182 valence electrons. The number of aliphatic hydroxyl groups excluding tert-OH is 1. The predicted molar refractivity (Wildman–Crippen MR) is 141 cm³/mol. The number of benzene rings is 3. The van der Waals surface area contributed by atoms with E-state index in [0.717, 1.165) is 11.1 Å². The Labute approximate surface area is 213 Å². The molecule has 4 aromatic rings. The first-order valence-corrected chi connectivity index (χ1v) is 11.9. The molecule has 2 heterocycles. The molecule has 0 spiro atoms. The number of phenols is 1. The highest BCUT2D eigenvalue weighted by atomic mass is 35.5. The normalized spacial score (nSPS) is 17.8. The van der Waals surface area contributed by atoms with Crippen LogP contribution in [0, 0.1) is 0 Å². The smallest absolute Gasteiger partial charge is 0.300 e. The number of aromatic amines is 1. The van der Waals surface area contributed by atoms with Crippen molar-refractivity contribution in [2.24, 2.45) is 0 Å². The highest BCUT2D eigenvalue weighted by Gasteiger charge is 2.48. The summed E-state index contributed by atoms with van der Waals surface area (Å²) >= 11 is 6.19. The van der Waals surface area contributed by atoms with Crippen LogP contribution in [0.5, 0.6) is 5.75 Å². The molecule has 1 amide bonds. The van der Waals surface area contributed by atoms with Gasteiger partial charge in [0, 0.05) is 27.7 Å². The summed E-state index contributed by atoms with van der Waals surface area (Å²) < 4.78 is 0. The van der Waals surface area contributed by atoms with E-state index in [9.17, 15) is 19.8 Å². The number of hydrogen-bond acceptors (Lipinski definition) is 4. The van der Waals surface area contributed by atoms with Gasteiger partial charge in [-0.2, -0.15) is 0 Å². The van der Waals surface area contributed by atoms with Gasteiger partial charge in [-0.3, -0.25) is 14.5 Å². The van der Waals surface area contributed by atoms with E-state index in [0.29, 0.717) is 21.5 Å². The van der Waals surface area contributed by atoms with E-state index in [2.05, 4.69) is 25.8 Å². The molecule has 1 aliphatic rings. The zero-order valence-corrected chi connectivity index (χ0v) is 20.8. The molecule has 3 aromatic carbocycles. The molecule has 1 unspecified atom stereocenters. The third-order valence-electron chi connectivity index (χ3n) is 6.58. The fraction of sp³-hybridized carbons (Fsp3) is 0.172. The number of aromatic hydroxyl groups is 1. The Hall–Kier alpha value is -4.03. The molecule has 0 saturated carbocycles. The van der Waals surface area contributed by atoms with Crippen molar-refractivity contribution in [1.29, 1.82) is 0 Å². The van der Waals surface area contributed by atoms with Crippen molar-refractivity contribution in [3.8, 4) is 5.75 Å². The number of H-pyrrole nitrogens is 1. The topological polar surface area (TPSA) is 93.6 Å². The van der Waals surface area contributed by atoms with Crippen molar-refractivity contribution in [2.45, 2.75) is 32.2 Å². The molecule has 0 radical (unpaired) electrons. The molecule has 6 nitrogen and oxygen atoms in total. The molecular weight excluding hydrogens is 476 g/mol. The number of carbonyl (C=O) groups excluding carboxylic acids is 2. The van der Waals surface area contributed by atoms with Crippen LogP contribution in [-0.2, 0) is 15.0 Å². The average Bonchev–Trinajstić information content (AvgIpc) is 3.39. The number of aromatic nitrogens is 1. The number of halogens is 1. The first-order chi connectivity index (χ1) is 17.1. The molecular formula is C29H25ClN2O4. The molecule has 1 atom stereocenters. The van der Waals surface area contributed by atoms with Crippen LogP contribution in [0.3, 0.4) is 0 Å². The van der Waals surface area contributed by atoms with Crippen LogP contribution in [0.15, 0.2) is 78.5 Å². The number of nitrogens with one attached hydrogen (secondary N) is 1. The second-order valence-corrected chi connectivity index (χ2v) is 10.4. The fourth-order valence-corrected chi connectivity index (χ4v) is 4.83. The second-order valence-electron chi connectivity index (χ2n) is 9.92. The molecule has 5 rings (SSSR count). The van der Waals surface area contributed by atoms with Crippen molar-refractivity contribution >= 4 is 45.6 Å². The van der Waals surface area contributed by atoms with Crippen LogP contribution in [-0.4, -0.2) is 26.9 Å².